The van der Waals surface area contributed by atoms with E-state index in [1.54, 1.807) is 24.3 Å². The van der Waals surface area contributed by atoms with E-state index < -0.39 is 5.97 Å². The standard InChI is InChI=1S/C23H27NO3/c1-14-15(2)21(16(3)20-9-7-6-8-19(14)20)24(4)22(25)17-10-12-18(13-11-17)23(26)27-5/h6-16,21H,1-5H3. The molecular formula is C23H27NO3. The molecule has 2 aromatic carbocycles. The normalized spacial score (nSPS) is 24.0. The molecule has 1 aliphatic rings. The van der Waals surface area contributed by atoms with Crippen LogP contribution >= 0.6 is 0 Å². The van der Waals surface area contributed by atoms with Gasteiger partial charge in [-0.15, -0.1) is 0 Å². The molecular weight excluding hydrogens is 338 g/mol. The minimum absolute atomic E-state index is 0.0262. The van der Waals surface area contributed by atoms with Crippen molar-refractivity contribution in [2.75, 3.05) is 14.2 Å². The summed E-state index contributed by atoms with van der Waals surface area (Å²) < 4.78 is 4.72. The molecule has 0 saturated heterocycles. The smallest absolute Gasteiger partial charge is 0.337 e. The third kappa shape index (κ3) is 3.36. The Morgan fingerprint density at radius 2 is 1.37 bits per heavy atom. The molecule has 4 heteroatoms. The fourth-order valence-electron chi connectivity index (χ4n) is 4.45. The van der Waals surface area contributed by atoms with Crippen LogP contribution in [0.25, 0.3) is 0 Å². The highest BCUT2D eigenvalue weighted by Crippen LogP contribution is 2.44. The summed E-state index contributed by atoms with van der Waals surface area (Å²) in [5.74, 6) is 0.567. The summed E-state index contributed by atoms with van der Waals surface area (Å²) in [6.45, 7) is 6.67. The van der Waals surface area contributed by atoms with Crippen LogP contribution in [0.15, 0.2) is 48.5 Å². The van der Waals surface area contributed by atoms with Gasteiger partial charge in [0.25, 0.3) is 5.91 Å². The molecule has 0 spiro atoms. The highest BCUT2D eigenvalue weighted by molar-refractivity contribution is 5.96. The van der Waals surface area contributed by atoms with Gasteiger partial charge in [0.2, 0.25) is 0 Å². The lowest BCUT2D eigenvalue weighted by atomic mass is 9.68. The number of esters is 1. The van der Waals surface area contributed by atoms with E-state index >= 15 is 0 Å². The Balaban J connectivity index is 1.87. The number of methoxy groups -OCH3 is 1. The van der Waals surface area contributed by atoms with Crippen molar-refractivity contribution in [2.24, 2.45) is 5.92 Å². The molecule has 0 heterocycles. The number of likely N-dealkylation sites (N-methyl/N-ethyl adjacent to an activating group) is 1. The number of hydrogen-bond acceptors (Lipinski definition) is 3. The van der Waals surface area contributed by atoms with Crippen molar-refractivity contribution in [2.45, 2.75) is 38.6 Å². The summed E-state index contributed by atoms with van der Waals surface area (Å²) in [5.41, 5.74) is 3.74. The van der Waals surface area contributed by atoms with E-state index in [9.17, 15) is 9.59 Å². The fraction of sp³-hybridized carbons (Fsp3) is 0.391. The lowest BCUT2D eigenvalue weighted by Gasteiger charge is -2.45. The van der Waals surface area contributed by atoms with Gasteiger partial charge in [0, 0.05) is 24.6 Å². The topological polar surface area (TPSA) is 46.6 Å². The molecule has 0 saturated carbocycles. The molecule has 2 aromatic rings. The van der Waals surface area contributed by atoms with Crippen molar-refractivity contribution >= 4 is 11.9 Å². The zero-order valence-electron chi connectivity index (χ0n) is 16.6. The minimum atomic E-state index is -0.401. The minimum Gasteiger partial charge on any atom is -0.465 e. The Bertz CT molecular complexity index is 843. The van der Waals surface area contributed by atoms with Crippen molar-refractivity contribution in [1.29, 1.82) is 0 Å². The molecule has 0 fully saturated rings. The number of carbonyl (C=O) groups excluding carboxylic acids is 2. The van der Waals surface area contributed by atoms with Gasteiger partial charge in [-0.05, 0) is 47.2 Å². The van der Waals surface area contributed by atoms with Crippen molar-refractivity contribution in [3.63, 3.8) is 0 Å². The first-order chi connectivity index (χ1) is 12.9. The van der Waals surface area contributed by atoms with Crippen LogP contribution in [0, 0.1) is 5.92 Å². The van der Waals surface area contributed by atoms with Crippen LogP contribution in [0.2, 0.25) is 0 Å². The average Bonchev–Trinajstić information content (AvgIpc) is 2.71. The number of fused-ring (bicyclic) bond motifs is 1. The van der Waals surface area contributed by atoms with Crippen LogP contribution in [0.4, 0.5) is 0 Å². The molecule has 0 bridgehead atoms. The fourth-order valence-corrected chi connectivity index (χ4v) is 4.45. The van der Waals surface area contributed by atoms with Crippen molar-refractivity contribution in [3.8, 4) is 0 Å². The van der Waals surface area contributed by atoms with Gasteiger partial charge in [-0.3, -0.25) is 4.79 Å². The van der Waals surface area contributed by atoms with Crippen LogP contribution < -0.4 is 0 Å². The van der Waals surface area contributed by atoms with Gasteiger partial charge < -0.3 is 9.64 Å². The van der Waals surface area contributed by atoms with E-state index in [4.69, 9.17) is 4.74 Å². The van der Waals surface area contributed by atoms with Crippen LogP contribution in [0.1, 0.15) is 64.4 Å². The third-order valence-corrected chi connectivity index (χ3v) is 6.14. The maximum atomic E-state index is 13.1. The van der Waals surface area contributed by atoms with Crippen molar-refractivity contribution in [3.05, 3.63) is 70.8 Å². The van der Waals surface area contributed by atoms with Gasteiger partial charge in [0.15, 0.2) is 0 Å². The number of benzene rings is 2. The van der Waals surface area contributed by atoms with Gasteiger partial charge in [-0.1, -0.05) is 45.0 Å². The van der Waals surface area contributed by atoms with Crippen LogP contribution in [0.5, 0.6) is 0 Å². The molecule has 4 nitrogen and oxygen atoms in total. The lowest BCUT2D eigenvalue weighted by Crippen LogP contribution is -2.48. The van der Waals surface area contributed by atoms with E-state index in [1.807, 2.05) is 11.9 Å². The first kappa shape index (κ1) is 19.2. The van der Waals surface area contributed by atoms with E-state index in [-0.39, 0.29) is 17.9 Å². The molecule has 0 aromatic heterocycles. The summed E-state index contributed by atoms with van der Waals surface area (Å²) in [6.07, 6.45) is 0. The summed E-state index contributed by atoms with van der Waals surface area (Å²) in [5, 5.41) is 0. The second-order valence-corrected chi connectivity index (χ2v) is 7.54. The lowest BCUT2D eigenvalue weighted by molar-refractivity contribution is 0.0594. The van der Waals surface area contributed by atoms with E-state index in [0.717, 1.165) is 0 Å². The van der Waals surface area contributed by atoms with Crippen LogP contribution in [-0.4, -0.2) is 37.0 Å². The number of amides is 1. The van der Waals surface area contributed by atoms with Crippen molar-refractivity contribution < 1.29 is 14.3 Å². The quantitative estimate of drug-likeness (QED) is 0.754. The number of hydrogen-bond donors (Lipinski definition) is 0. The highest BCUT2D eigenvalue weighted by Gasteiger charge is 2.39. The van der Waals surface area contributed by atoms with Gasteiger partial charge in [0.1, 0.15) is 0 Å². The van der Waals surface area contributed by atoms with Gasteiger partial charge in [-0.2, -0.15) is 0 Å². The maximum Gasteiger partial charge on any atom is 0.337 e. The van der Waals surface area contributed by atoms with Crippen LogP contribution in [0.3, 0.4) is 0 Å². The summed E-state index contributed by atoms with van der Waals surface area (Å²) in [6, 6.07) is 15.3. The second-order valence-electron chi connectivity index (χ2n) is 7.54. The number of nitrogens with zero attached hydrogens (tertiary/aromatic N) is 1. The first-order valence-corrected chi connectivity index (χ1v) is 9.41. The Morgan fingerprint density at radius 1 is 0.852 bits per heavy atom. The molecule has 1 amide bonds. The number of ether oxygens (including phenoxy) is 1. The monoisotopic (exact) mass is 365 g/mol. The zero-order valence-corrected chi connectivity index (χ0v) is 16.6. The van der Waals surface area contributed by atoms with Crippen LogP contribution in [-0.2, 0) is 4.74 Å². The second kappa shape index (κ2) is 7.55. The first-order valence-electron chi connectivity index (χ1n) is 9.41. The van der Waals surface area contributed by atoms with Gasteiger partial charge >= 0.3 is 5.97 Å². The molecule has 4 unspecified atom stereocenters. The molecule has 0 radical (unpaired) electrons. The molecule has 142 valence electrons. The predicted octanol–water partition coefficient (Wildman–Crippen LogP) is 4.47. The Kier molecular flexibility index (Phi) is 5.36. The Morgan fingerprint density at radius 3 is 1.93 bits per heavy atom. The highest BCUT2D eigenvalue weighted by atomic mass is 16.5. The van der Waals surface area contributed by atoms with Gasteiger partial charge in [0.05, 0.1) is 12.7 Å². The van der Waals surface area contributed by atoms with E-state index in [0.29, 0.717) is 23.0 Å². The molecule has 0 aliphatic heterocycles. The predicted molar refractivity (Wildman–Crippen MR) is 106 cm³/mol. The SMILES string of the molecule is COC(=O)c1ccc(C(=O)N(C)C2C(C)c3ccccc3C(C)C2C)cc1. The van der Waals surface area contributed by atoms with Crippen molar-refractivity contribution in [1.82, 2.24) is 4.90 Å². The summed E-state index contributed by atoms with van der Waals surface area (Å²) in [7, 11) is 3.23. The summed E-state index contributed by atoms with van der Waals surface area (Å²) >= 11 is 0. The molecule has 1 aliphatic carbocycles. The zero-order chi connectivity index (χ0) is 19.7. The molecule has 0 N–H and O–H groups in total. The molecule has 3 rings (SSSR count). The third-order valence-electron chi connectivity index (χ3n) is 6.14. The Hall–Kier alpha value is -2.62. The Labute approximate surface area is 161 Å². The molecule has 27 heavy (non-hydrogen) atoms. The average molecular weight is 365 g/mol. The number of rotatable bonds is 3. The number of carbonyl (C=O) groups is 2. The van der Waals surface area contributed by atoms with E-state index in [1.165, 1.54) is 18.2 Å². The maximum absolute atomic E-state index is 13.1. The van der Waals surface area contributed by atoms with E-state index in [2.05, 4.69) is 45.0 Å². The molecule has 4 atom stereocenters. The summed E-state index contributed by atoms with van der Waals surface area (Å²) in [4.78, 5) is 26.6. The van der Waals surface area contributed by atoms with Gasteiger partial charge in [-0.25, -0.2) is 4.79 Å². The largest absolute Gasteiger partial charge is 0.465 e.